The van der Waals surface area contributed by atoms with E-state index in [1.807, 2.05) is 23.6 Å². The lowest BCUT2D eigenvalue weighted by Crippen LogP contribution is -2.41. The molecular weight excluding hydrogens is 388 g/mol. The smallest absolute Gasteiger partial charge is 0.185 e. The Hall–Kier alpha value is -2.03. The van der Waals surface area contributed by atoms with Crippen LogP contribution in [0.4, 0.5) is 10.8 Å². The average Bonchev–Trinajstić information content (AvgIpc) is 3.23. The topological polar surface area (TPSA) is 59.1 Å². The van der Waals surface area contributed by atoms with Gasteiger partial charge in [-0.3, -0.25) is 4.90 Å². The first-order valence-electron chi connectivity index (χ1n) is 10.5. The average molecular weight is 417 g/mol. The van der Waals surface area contributed by atoms with Crippen LogP contribution in [0.25, 0.3) is 0 Å². The fourth-order valence-electron chi connectivity index (χ4n) is 4.18. The molecule has 3 aliphatic rings. The molecule has 3 aliphatic heterocycles. The third-order valence-electron chi connectivity index (χ3n) is 5.62. The van der Waals surface area contributed by atoms with Crippen molar-refractivity contribution in [2.75, 3.05) is 62.8 Å². The van der Waals surface area contributed by atoms with Gasteiger partial charge in [-0.15, -0.1) is 11.3 Å². The molecule has 0 saturated carbocycles. The van der Waals surface area contributed by atoms with Gasteiger partial charge in [-0.25, -0.2) is 4.98 Å². The van der Waals surface area contributed by atoms with Crippen molar-refractivity contribution >= 4 is 22.2 Å². The normalized spacial score (nSPS) is 22.5. The molecule has 7 nitrogen and oxygen atoms in total. The van der Waals surface area contributed by atoms with E-state index in [-0.39, 0.29) is 0 Å². The number of fused-ring (bicyclic) bond motifs is 1. The standard InChI is InChI=1S/C21H28N4O3S/c1-2-17(23-16-3-4-19-20(12-16)28-11-10-27-19)14-24(5-1)15-18-13-22-21(29-18)25-6-8-26-9-7-25/h3-4,12-13,17,23H,1-2,5-11,14-15H2/t17-/m0/s1. The number of morpholine rings is 1. The minimum atomic E-state index is 0.443. The van der Waals surface area contributed by atoms with Crippen LogP contribution in [0.2, 0.25) is 0 Å². The molecule has 0 bridgehead atoms. The molecule has 0 aliphatic carbocycles. The maximum absolute atomic E-state index is 5.71. The molecule has 2 fully saturated rings. The summed E-state index contributed by atoms with van der Waals surface area (Å²) in [5.74, 6) is 1.68. The van der Waals surface area contributed by atoms with Crippen LogP contribution in [-0.2, 0) is 11.3 Å². The van der Waals surface area contributed by atoms with E-state index in [1.165, 1.54) is 17.7 Å². The number of ether oxygens (including phenoxy) is 3. The van der Waals surface area contributed by atoms with Crippen molar-refractivity contribution in [3.05, 3.63) is 29.3 Å². The number of hydrogen-bond acceptors (Lipinski definition) is 8. The molecule has 1 atom stereocenters. The van der Waals surface area contributed by atoms with Crippen molar-refractivity contribution in [2.24, 2.45) is 0 Å². The lowest BCUT2D eigenvalue weighted by Gasteiger charge is -2.33. The maximum Gasteiger partial charge on any atom is 0.185 e. The Labute approximate surface area is 175 Å². The minimum Gasteiger partial charge on any atom is -0.486 e. The van der Waals surface area contributed by atoms with Crippen molar-refractivity contribution in [3.8, 4) is 11.5 Å². The second kappa shape index (κ2) is 8.77. The zero-order valence-electron chi connectivity index (χ0n) is 16.6. The zero-order valence-corrected chi connectivity index (χ0v) is 17.5. The molecule has 0 radical (unpaired) electrons. The van der Waals surface area contributed by atoms with Crippen molar-refractivity contribution in [1.82, 2.24) is 9.88 Å². The van der Waals surface area contributed by atoms with Gasteiger partial charge in [-0.1, -0.05) is 0 Å². The zero-order chi connectivity index (χ0) is 19.5. The second-order valence-electron chi connectivity index (χ2n) is 7.79. The Morgan fingerprint density at radius 3 is 2.83 bits per heavy atom. The molecule has 1 N–H and O–H groups in total. The van der Waals surface area contributed by atoms with Crippen LogP contribution >= 0.6 is 11.3 Å². The van der Waals surface area contributed by atoms with Gasteiger partial charge in [0, 0.05) is 55.0 Å². The van der Waals surface area contributed by atoms with Gasteiger partial charge in [0.15, 0.2) is 16.6 Å². The molecule has 2 aromatic rings. The highest BCUT2D eigenvalue weighted by Crippen LogP contribution is 2.33. The molecule has 0 unspecified atom stereocenters. The van der Waals surface area contributed by atoms with E-state index in [0.29, 0.717) is 19.3 Å². The molecule has 0 amide bonds. The van der Waals surface area contributed by atoms with E-state index >= 15 is 0 Å². The van der Waals surface area contributed by atoms with Gasteiger partial charge >= 0.3 is 0 Å². The van der Waals surface area contributed by atoms with E-state index in [4.69, 9.17) is 14.2 Å². The summed E-state index contributed by atoms with van der Waals surface area (Å²) in [5, 5.41) is 4.82. The number of aromatic nitrogens is 1. The van der Waals surface area contributed by atoms with E-state index in [2.05, 4.69) is 32.2 Å². The largest absolute Gasteiger partial charge is 0.486 e. The highest BCUT2D eigenvalue weighted by atomic mass is 32.1. The molecule has 29 heavy (non-hydrogen) atoms. The van der Waals surface area contributed by atoms with E-state index < -0.39 is 0 Å². The Balaban J connectivity index is 1.17. The second-order valence-corrected chi connectivity index (χ2v) is 8.88. The minimum absolute atomic E-state index is 0.443. The van der Waals surface area contributed by atoms with Gasteiger partial charge in [0.2, 0.25) is 0 Å². The molecule has 0 spiro atoms. The van der Waals surface area contributed by atoms with Gasteiger partial charge in [-0.2, -0.15) is 0 Å². The third-order valence-corrected chi connectivity index (χ3v) is 6.66. The predicted molar refractivity (Wildman–Crippen MR) is 114 cm³/mol. The van der Waals surface area contributed by atoms with Gasteiger partial charge < -0.3 is 24.4 Å². The number of piperidine rings is 1. The molecule has 156 valence electrons. The first-order valence-corrected chi connectivity index (χ1v) is 11.3. The Bertz CT molecular complexity index is 824. The first-order chi connectivity index (χ1) is 14.3. The lowest BCUT2D eigenvalue weighted by molar-refractivity contribution is 0.122. The lowest BCUT2D eigenvalue weighted by atomic mass is 10.1. The first kappa shape index (κ1) is 19.0. The summed E-state index contributed by atoms with van der Waals surface area (Å²) in [5.41, 5.74) is 1.11. The summed E-state index contributed by atoms with van der Waals surface area (Å²) in [6.45, 7) is 7.89. The Kier molecular flexibility index (Phi) is 5.73. The molecule has 1 aromatic carbocycles. The maximum atomic E-state index is 5.71. The summed E-state index contributed by atoms with van der Waals surface area (Å²) in [6, 6.07) is 6.59. The molecule has 5 rings (SSSR count). The van der Waals surface area contributed by atoms with Gasteiger partial charge in [-0.05, 0) is 31.5 Å². The predicted octanol–water partition coefficient (Wildman–Crippen LogP) is 2.83. The van der Waals surface area contributed by atoms with Crippen LogP contribution < -0.4 is 19.7 Å². The fourth-order valence-corrected chi connectivity index (χ4v) is 5.18. The van der Waals surface area contributed by atoms with Crippen molar-refractivity contribution in [2.45, 2.75) is 25.4 Å². The number of nitrogens with zero attached hydrogens (tertiary/aromatic N) is 3. The van der Waals surface area contributed by atoms with E-state index in [0.717, 1.165) is 68.3 Å². The van der Waals surface area contributed by atoms with Gasteiger partial charge in [0.1, 0.15) is 13.2 Å². The summed E-state index contributed by atoms with van der Waals surface area (Å²) in [6.07, 6.45) is 4.44. The number of nitrogens with one attached hydrogen (secondary N) is 1. The number of hydrogen-bond donors (Lipinski definition) is 1. The monoisotopic (exact) mass is 416 g/mol. The van der Waals surface area contributed by atoms with Crippen LogP contribution in [0.15, 0.2) is 24.4 Å². The van der Waals surface area contributed by atoms with Crippen LogP contribution in [0.5, 0.6) is 11.5 Å². The molecular formula is C21H28N4O3S. The van der Waals surface area contributed by atoms with Crippen molar-refractivity contribution in [1.29, 1.82) is 0 Å². The highest BCUT2D eigenvalue weighted by molar-refractivity contribution is 7.15. The van der Waals surface area contributed by atoms with Crippen LogP contribution in [-0.4, -0.2) is 68.5 Å². The van der Waals surface area contributed by atoms with E-state index in [1.54, 1.807) is 0 Å². The number of thiazole rings is 1. The summed E-state index contributed by atoms with van der Waals surface area (Å²) >= 11 is 1.82. The number of anilines is 2. The van der Waals surface area contributed by atoms with Crippen LogP contribution in [0.3, 0.4) is 0 Å². The van der Waals surface area contributed by atoms with E-state index in [9.17, 15) is 0 Å². The van der Waals surface area contributed by atoms with Crippen LogP contribution in [0.1, 0.15) is 17.7 Å². The van der Waals surface area contributed by atoms with Crippen molar-refractivity contribution < 1.29 is 14.2 Å². The summed E-state index contributed by atoms with van der Waals surface area (Å²) in [4.78, 5) is 10.9. The number of rotatable bonds is 5. The summed E-state index contributed by atoms with van der Waals surface area (Å²) in [7, 11) is 0. The number of likely N-dealkylation sites (tertiary alicyclic amines) is 1. The van der Waals surface area contributed by atoms with Gasteiger partial charge in [0.05, 0.1) is 13.2 Å². The Morgan fingerprint density at radius 1 is 1.07 bits per heavy atom. The van der Waals surface area contributed by atoms with Crippen LogP contribution in [0, 0.1) is 0 Å². The third kappa shape index (κ3) is 4.60. The molecule has 2 saturated heterocycles. The number of benzene rings is 1. The Morgan fingerprint density at radius 2 is 1.93 bits per heavy atom. The van der Waals surface area contributed by atoms with Gasteiger partial charge in [0.25, 0.3) is 0 Å². The molecule has 4 heterocycles. The van der Waals surface area contributed by atoms with Crippen molar-refractivity contribution in [3.63, 3.8) is 0 Å². The SMILES string of the molecule is c1cc2c(cc1N[C@H]1CCCN(Cc3cnc(N4CCOCC4)s3)C1)OCCO2. The quantitative estimate of drug-likeness (QED) is 0.804. The fraction of sp³-hybridized carbons (Fsp3) is 0.571. The highest BCUT2D eigenvalue weighted by Gasteiger charge is 2.22. The molecule has 1 aromatic heterocycles. The summed E-state index contributed by atoms with van der Waals surface area (Å²) < 4.78 is 16.8. The molecule has 8 heteroatoms.